The fourth-order valence-electron chi connectivity index (χ4n) is 2.07. The molecule has 0 aliphatic carbocycles. The smallest absolute Gasteiger partial charge is 0.0812 e. The molecule has 0 atom stereocenters. The van der Waals surface area contributed by atoms with E-state index >= 15 is 0 Å². The van der Waals surface area contributed by atoms with E-state index in [0.717, 1.165) is 31.6 Å². The van der Waals surface area contributed by atoms with E-state index in [1.54, 1.807) is 6.20 Å². The van der Waals surface area contributed by atoms with Gasteiger partial charge in [-0.2, -0.15) is 0 Å². The molecule has 0 saturated carbocycles. The lowest BCUT2D eigenvalue weighted by molar-refractivity contribution is 0.275. The number of nitrogens with zero attached hydrogens (tertiary/aromatic N) is 3. The minimum absolute atomic E-state index is 0.987. The average molecular weight is 217 g/mol. The molecule has 0 unspecified atom stereocenters. The highest BCUT2D eigenvalue weighted by molar-refractivity contribution is 5.87. The van der Waals surface area contributed by atoms with Gasteiger partial charge in [0.1, 0.15) is 0 Å². The van der Waals surface area contributed by atoms with E-state index in [-0.39, 0.29) is 0 Å². The van der Waals surface area contributed by atoms with Crippen LogP contribution in [0.1, 0.15) is 26.2 Å². The molecule has 0 spiro atoms. The molecule has 1 saturated heterocycles. The summed E-state index contributed by atoms with van der Waals surface area (Å²) >= 11 is 0. The van der Waals surface area contributed by atoms with Gasteiger partial charge >= 0.3 is 0 Å². The van der Waals surface area contributed by atoms with Crippen LogP contribution in [0.15, 0.2) is 29.5 Å². The molecule has 0 N–H and O–H groups in total. The van der Waals surface area contributed by atoms with E-state index < -0.39 is 0 Å². The average Bonchev–Trinajstić information content (AvgIpc) is 2.33. The number of likely N-dealkylation sites (tertiary alicyclic amines) is 1. The van der Waals surface area contributed by atoms with Gasteiger partial charge in [-0.15, -0.1) is 0 Å². The summed E-state index contributed by atoms with van der Waals surface area (Å²) in [6.07, 6.45) is 7.07. The van der Waals surface area contributed by atoms with Gasteiger partial charge in [-0.25, -0.2) is 0 Å². The maximum atomic E-state index is 4.64. The molecule has 3 nitrogen and oxygen atoms in total. The van der Waals surface area contributed by atoms with Crippen molar-refractivity contribution < 1.29 is 0 Å². The number of hydrogen-bond donors (Lipinski definition) is 0. The number of rotatable bonds is 3. The summed E-state index contributed by atoms with van der Waals surface area (Å²) in [6.45, 7) is 5.78. The first-order chi connectivity index (χ1) is 7.88. The number of aliphatic imine (C=N–C) groups is 1. The summed E-state index contributed by atoms with van der Waals surface area (Å²) < 4.78 is 0. The highest BCUT2D eigenvalue weighted by Crippen LogP contribution is 2.14. The van der Waals surface area contributed by atoms with Gasteiger partial charge in [-0.05, 0) is 37.9 Å². The van der Waals surface area contributed by atoms with E-state index in [0.29, 0.717) is 0 Å². The molecule has 2 heterocycles. The molecule has 2 rings (SSSR count). The number of hydrogen-bond acceptors (Lipinski definition) is 3. The quantitative estimate of drug-likeness (QED) is 0.778. The summed E-state index contributed by atoms with van der Waals surface area (Å²) in [5.74, 6) is 0. The van der Waals surface area contributed by atoms with Gasteiger partial charge in [0, 0.05) is 25.0 Å². The normalized spacial score (nSPS) is 17.4. The van der Waals surface area contributed by atoms with Crippen molar-refractivity contribution in [1.29, 1.82) is 0 Å². The Bertz CT molecular complexity index is 335. The standard InChI is InChI=1S/C13H19N3/c1-2-8-16-9-5-12(6-10-16)15-13-4-3-7-14-11-13/h3-4,7,11H,2,5-6,8-10H2,1H3. The van der Waals surface area contributed by atoms with Gasteiger partial charge in [-0.1, -0.05) is 6.92 Å². The fraction of sp³-hybridized carbons (Fsp3) is 0.538. The lowest BCUT2D eigenvalue weighted by Gasteiger charge is -2.26. The Hall–Kier alpha value is -1.22. The molecule has 16 heavy (non-hydrogen) atoms. The second kappa shape index (κ2) is 5.75. The second-order valence-electron chi connectivity index (χ2n) is 4.23. The summed E-state index contributed by atoms with van der Waals surface area (Å²) in [6, 6.07) is 3.95. The Morgan fingerprint density at radius 3 is 2.81 bits per heavy atom. The maximum absolute atomic E-state index is 4.64. The highest BCUT2D eigenvalue weighted by atomic mass is 15.1. The van der Waals surface area contributed by atoms with Crippen molar-refractivity contribution in [1.82, 2.24) is 9.88 Å². The third-order valence-electron chi connectivity index (χ3n) is 2.91. The van der Waals surface area contributed by atoms with Crippen molar-refractivity contribution in [2.24, 2.45) is 4.99 Å². The topological polar surface area (TPSA) is 28.5 Å². The molecule has 86 valence electrons. The highest BCUT2D eigenvalue weighted by Gasteiger charge is 2.13. The molecule has 1 aromatic heterocycles. The Morgan fingerprint density at radius 1 is 1.38 bits per heavy atom. The van der Waals surface area contributed by atoms with E-state index in [1.165, 1.54) is 18.7 Å². The molecular formula is C13H19N3. The van der Waals surface area contributed by atoms with Crippen LogP contribution in [-0.2, 0) is 0 Å². The molecule has 0 aromatic carbocycles. The SMILES string of the molecule is CCCN1CCC(=Nc2cccnc2)CC1. The summed E-state index contributed by atoms with van der Waals surface area (Å²) in [4.78, 5) is 11.2. The first-order valence-corrected chi connectivity index (χ1v) is 6.07. The number of piperidine rings is 1. The van der Waals surface area contributed by atoms with E-state index in [1.807, 2.05) is 18.3 Å². The van der Waals surface area contributed by atoms with Crippen molar-refractivity contribution in [3.8, 4) is 0 Å². The molecule has 3 heteroatoms. The lowest BCUT2D eigenvalue weighted by Crippen LogP contribution is -2.34. The van der Waals surface area contributed by atoms with Crippen molar-refractivity contribution >= 4 is 11.4 Å². The predicted molar refractivity (Wildman–Crippen MR) is 67.3 cm³/mol. The zero-order valence-corrected chi connectivity index (χ0v) is 9.89. The number of pyridine rings is 1. The Morgan fingerprint density at radius 2 is 2.19 bits per heavy atom. The van der Waals surface area contributed by atoms with Gasteiger partial charge in [0.2, 0.25) is 0 Å². The third-order valence-corrected chi connectivity index (χ3v) is 2.91. The lowest BCUT2D eigenvalue weighted by atomic mass is 10.1. The summed E-state index contributed by atoms with van der Waals surface area (Å²) in [7, 11) is 0. The van der Waals surface area contributed by atoms with Crippen LogP contribution >= 0.6 is 0 Å². The second-order valence-corrected chi connectivity index (χ2v) is 4.23. The van der Waals surface area contributed by atoms with Crippen LogP contribution in [-0.4, -0.2) is 35.2 Å². The fourth-order valence-corrected chi connectivity index (χ4v) is 2.07. The molecule has 1 aromatic rings. The van der Waals surface area contributed by atoms with E-state index in [2.05, 4.69) is 21.8 Å². The molecular weight excluding hydrogens is 198 g/mol. The minimum Gasteiger partial charge on any atom is -0.303 e. The van der Waals surface area contributed by atoms with Crippen LogP contribution in [0.3, 0.4) is 0 Å². The third kappa shape index (κ3) is 3.14. The molecule has 0 bridgehead atoms. The van der Waals surface area contributed by atoms with Crippen molar-refractivity contribution in [2.75, 3.05) is 19.6 Å². The van der Waals surface area contributed by atoms with Crippen molar-refractivity contribution in [3.05, 3.63) is 24.5 Å². The first kappa shape index (κ1) is 11.3. The van der Waals surface area contributed by atoms with Crippen LogP contribution in [0.4, 0.5) is 5.69 Å². The zero-order valence-electron chi connectivity index (χ0n) is 9.89. The largest absolute Gasteiger partial charge is 0.303 e. The van der Waals surface area contributed by atoms with Gasteiger partial charge in [0.25, 0.3) is 0 Å². The van der Waals surface area contributed by atoms with E-state index in [4.69, 9.17) is 0 Å². The zero-order chi connectivity index (χ0) is 11.2. The van der Waals surface area contributed by atoms with Crippen LogP contribution < -0.4 is 0 Å². The van der Waals surface area contributed by atoms with Crippen molar-refractivity contribution in [3.63, 3.8) is 0 Å². The molecule has 1 aliphatic heterocycles. The Labute approximate surface area is 97.2 Å². The monoisotopic (exact) mass is 217 g/mol. The van der Waals surface area contributed by atoms with E-state index in [9.17, 15) is 0 Å². The van der Waals surface area contributed by atoms with Gasteiger partial charge in [0.05, 0.1) is 11.9 Å². The van der Waals surface area contributed by atoms with Crippen molar-refractivity contribution in [2.45, 2.75) is 26.2 Å². The maximum Gasteiger partial charge on any atom is 0.0812 e. The molecule has 1 aliphatic rings. The Kier molecular flexibility index (Phi) is 4.05. The number of aromatic nitrogens is 1. The summed E-state index contributed by atoms with van der Waals surface area (Å²) in [5.41, 5.74) is 2.31. The van der Waals surface area contributed by atoms with Gasteiger partial charge in [0.15, 0.2) is 0 Å². The molecule has 1 fully saturated rings. The first-order valence-electron chi connectivity index (χ1n) is 6.07. The van der Waals surface area contributed by atoms with Crippen LogP contribution in [0.5, 0.6) is 0 Å². The van der Waals surface area contributed by atoms with Crippen LogP contribution in [0.25, 0.3) is 0 Å². The minimum atomic E-state index is 0.987. The Balaban J connectivity index is 1.91. The molecule has 0 amide bonds. The van der Waals surface area contributed by atoms with Crippen LogP contribution in [0, 0.1) is 0 Å². The predicted octanol–water partition coefficient (Wildman–Crippen LogP) is 2.66. The van der Waals surface area contributed by atoms with Crippen LogP contribution in [0.2, 0.25) is 0 Å². The molecule has 0 radical (unpaired) electrons. The van der Waals surface area contributed by atoms with Gasteiger partial charge < -0.3 is 4.90 Å². The summed E-state index contributed by atoms with van der Waals surface area (Å²) in [5, 5.41) is 0. The van der Waals surface area contributed by atoms with Gasteiger partial charge in [-0.3, -0.25) is 9.98 Å².